The predicted molar refractivity (Wildman–Crippen MR) is 47.7 cm³/mol. The van der Waals surface area contributed by atoms with Gasteiger partial charge in [0, 0.05) is 0 Å². The number of urea groups is 1. The van der Waals surface area contributed by atoms with E-state index in [2.05, 4.69) is 10.6 Å². The minimum absolute atomic E-state index is 0.270. The molecule has 13 heavy (non-hydrogen) atoms. The number of imide groups is 1. The Balaban J connectivity index is 2.93. The Morgan fingerprint density at radius 1 is 1.38 bits per heavy atom. The van der Waals surface area contributed by atoms with Crippen LogP contribution >= 0.6 is 0 Å². The van der Waals surface area contributed by atoms with Gasteiger partial charge < -0.3 is 11.1 Å². The molecule has 0 saturated carbocycles. The molecule has 1 saturated heterocycles. The Bertz CT molecular complexity index is 236. The lowest BCUT2D eigenvalue weighted by Crippen LogP contribution is -2.67. The van der Waals surface area contributed by atoms with Crippen LogP contribution < -0.4 is 16.4 Å². The quantitative estimate of drug-likeness (QED) is 0.562. The van der Waals surface area contributed by atoms with Crippen LogP contribution in [0.5, 0.6) is 0 Å². The van der Waals surface area contributed by atoms with E-state index in [1.807, 2.05) is 13.8 Å². The van der Waals surface area contributed by atoms with Gasteiger partial charge in [-0.1, -0.05) is 13.8 Å². The monoisotopic (exact) mass is 185 g/mol. The number of carbonyl (C=O) groups is 2. The van der Waals surface area contributed by atoms with E-state index in [0.29, 0.717) is 12.8 Å². The summed E-state index contributed by atoms with van der Waals surface area (Å²) in [7, 11) is 0. The highest BCUT2D eigenvalue weighted by molar-refractivity contribution is 6.00. The maximum atomic E-state index is 11.5. The van der Waals surface area contributed by atoms with Gasteiger partial charge in [-0.25, -0.2) is 4.79 Å². The Morgan fingerprint density at radius 2 is 1.92 bits per heavy atom. The van der Waals surface area contributed by atoms with Gasteiger partial charge in [0.2, 0.25) is 5.91 Å². The molecule has 5 heteroatoms. The number of nitrogens with two attached hydrogens (primary N) is 1. The van der Waals surface area contributed by atoms with Crippen molar-refractivity contribution in [3.8, 4) is 0 Å². The second-order valence-corrected chi connectivity index (χ2v) is 3.27. The van der Waals surface area contributed by atoms with Crippen molar-refractivity contribution in [1.29, 1.82) is 0 Å². The number of amides is 3. The number of carbonyl (C=O) groups excluding carboxylic acids is 2. The molecule has 1 fully saturated rings. The molecular weight excluding hydrogens is 170 g/mol. The first kappa shape index (κ1) is 9.98. The molecule has 0 aromatic rings. The van der Waals surface area contributed by atoms with Crippen LogP contribution in [0.1, 0.15) is 26.7 Å². The van der Waals surface area contributed by atoms with Crippen molar-refractivity contribution in [3.05, 3.63) is 0 Å². The second kappa shape index (κ2) is 3.33. The van der Waals surface area contributed by atoms with Crippen molar-refractivity contribution in [2.45, 2.75) is 32.9 Å². The predicted octanol–water partition coefficient (Wildman–Crippen LogP) is -0.0830. The molecule has 1 rings (SSSR count). The Kier molecular flexibility index (Phi) is 2.56. The first-order valence-corrected chi connectivity index (χ1v) is 4.44. The van der Waals surface area contributed by atoms with Crippen LogP contribution in [0.2, 0.25) is 0 Å². The summed E-state index contributed by atoms with van der Waals surface area (Å²) in [6.45, 7) is 3.78. The van der Waals surface area contributed by atoms with Crippen molar-refractivity contribution in [2.24, 2.45) is 11.1 Å². The van der Waals surface area contributed by atoms with E-state index in [1.54, 1.807) is 0 Å². The fourth-order valence-electron chi connectivity index (χ4n) is 1.70. The van der Waals surface area contributed by atoms with Crippen molar-refractivity contribution < 1.29 is 9.59 Å². The smallest absolute Gasteiger partial charge is 0.322 e. The third kappa shape index (κ3) is 1.39. The van der Waals surface area contributed by atoms with E-state index in [0.717, 1.165) is 0 Å². The third-order valence-corrected chi connectivity index (χ3v) is 2.82. The first-order chi connectivity index (χ1) is 6.06. The van der Waals surface area contributed by atoms with Crippen LogP contribution in [0.3, 0.4) is 0 Å². The van der Waals surface area contributed by atoms with Gasteiger partial charge in [0.1, 0.15) is 0 Å². The average molecular weight is 185 g/mol. The number of nitrogens with one attached hydrogen (secondary N) is 2. The highest BCUT2D eigenvalue weighted by atomic mass is 16.2. The average Bonchev–Trinajstić information content (AvgIpc) is 2.05. The standard InChI is InChI=1S/C8H15N3O2/c1-3-8(4-2)5(9)10-7(13)11-6(8)12/h5H,3-4,9H2,1-2H3,(H2,10,11,12,13). The summed E-state index contributed by atoms with van der Waals surface area (Å²) in [5.74, 6) is -0.270. The third-order valence-electron chi connectivity index (χ3n) is 2.82. The summed E-state index contributed by atoms with van der Waals surface area (Å²) in [5.41, 5.74) is 5.08. The minimum Gasteiger partial charge on any atom is -0.322 e. The zero-order chi connectivity index (χ0) is 10.1. The number of hydrogen-bond acceptors (Lipinski definition) is 3. The van der Waals surface area contributed by atoms with E-state index in [9.17, 15) is 9.59 Å². The van der Waals surface area contributed by atoms with Gasteiger partial charge in [0.15, 0.2) is 0 Å². The van der Waals surface area contributed by atoms with E-state index in [4.69, 9.17) is 5.73 Å². The molecule has 0 radical (unpaired) electrons. The minimum atomic E-state index is -0.645. The lowest BCUT2D eigenvalue weighted by Gasteiger charge is -2.39. The van der Waals surface area contributed by atoms with Crippen molar-refractivity contribution in [2.75, 3.05) is 0 Å². The molecule has 1 atom stereocenters. The number of hydrogen-bond donors (Lipinski definition) is 3. The van der Waals surface area contributed by atoms with Crippen LogP contribution in [-0.2, 0) is 4.79 Å². The molecule has 1 heterocycles. The largest absolute Gasteiger partial charge is 0.322 e. The molecule has 3 amide bonds. The molecule has 0 bridgehead atoms. The normalized spacial score (nSPS) is 26.5. The Morgan fingerprint density at radius 3 is 2.31 bits per heavy atom. The highest BCUT2D eigenvalue weighted by Gasteiger charge is 2.45. The van der Waals surface area contributed by atoms with Crippen LogP contribution in [0, 0.1) is 5.41 Å². The zero-order valence-electron chi connectivity index (χ0n) is 7.89. The summed E-state index contributed by atoms with van der Waals surface area (Å²) in [6.07, 6.45) is 0.664. The lowest BCUT2D eigenvalue weighted by atomic mass is 9.77. The molecular formula is C8H15N3O2. The molecule has 0 aromatic heterocycles. The van der Waals surface area contributed by atoms with Gasteiger partial charge in [-0.15, -0.1) is 0 Å². The maximum absolute atomic E-state index is 11.5. The van der Waals surface area contributed by atoms with Crippen LogP contribution in [0.4, 0.5) is 4.79 Å². The molecule has 0 aliphatic carbocycles. The van der Waals surface area contributed by atoms with E-state index in [-0.39, 0.29) is 5.91 Å². The maximum Gasteiger partial charge on any atom is 0.322 e. The van der Waals surface area contributed by atoms with Crippen molar-refractivity contribution in [1.82, 2.24) is 10.6 Å². The SMILES string of the molecule is CCC1(CC)C(=O)NC(=O)NC1N. The summed E-state index contributed by atoms with van der Waals surface area (Å²) < 4.78 is 0. The fourth-order valence-corrected chi connectivity index (χ4v) is 1.70. The van der Waals surface area contributed by atoms with Gasteiger partial charge in [-0.3, -0.25) is 10.1 Å². The van der Waals surface area contributed by atoms with Gasteiger partial charge in [0.25, 0.3) is 0 Å². The molecule has 1 unspecified atom stereocenters. The molecule has 1 aliphatic heterocycles. The molecule has 4 N–H and O–H groups in total. The molecule has 0 aromatic carbocycles. The molecule has 5 nitrogen and oxygen atoms in total. The lowest BCUT2D eigenvalue weighted by molar-refractivity contribution is -0.133. The first-order valence-electron chi connectivity index (χ1n) is 4.44. The summed E-state index contributed by atoms with van der Waals surface area (Å²) in [5, 5.41) is 4.74. The number of rotatable bonds is 2. The van der Waals surface area contributed by atoms with E-state index < -0.39 is 17.6 Å². The Hall–Kier alpha value is -1.10. The van der Waals surface area contributed by atoms with Crippen LogP contribution in [0.25, 0.3) is 0 Å². The highest BCUT2D eigenvalue weighted by Crippen LogP contribution is 2.30. The van der Waals surface area contributed by atoms with Crippen LogP contribution in [0.15, 0.2) is 0 Å². The molecule has 1 aliphatic rings. The molecule has 0 spiro atoms. The van der Waals surface area contributed by atoms with Crippen molar-refractivity contribution in [3.63, 3.8) is 0 Å². The fraction of sp³-hybridized carbons (Fsp3) is 0.750. The summed E-state index contributed by atoms with van der Waals surface area (Å²) >= 11 is 0. The van der Waals surface area contributed by atoms with Gasteiger partial charge in [0.05, 0.1) is 11.6 Å². The van der Waals surface area contributed by atoms with E-state index >= 15 is 0 Å². The van der Waals surface area contributed by atoms with E-state index in [1.165, 1.54) is 0 Å². The summed E-state index contributed by atoms with van der Waals surface area (Å²) in [4.78, 5) is 22.4. The topological polar surface area (TPSA) is 84.2 Å². The summed E-state index contributed by atoms with van der Waals surface area (Å²) in [6, 6.07) is -0.505. The zero-order valence-corrected chi connectivity index (χ0v) is 7.89. The van der Waals surface area contributed by atoms with Crippen molar-refractivity contribution >= 4 is 11.9 Å². The van der Waals surface area contributed by atoms with Gasteiger partial charge in [-0.2, -0.15) is 0 Å². The van der Waals surface area contributed by atoms with Gasteiger partial charge >= 0.3 is 6.03 Å². The van der Waals surface area contributed by atoms with Crippen LogP contribution in [-0.4, -0.2) is 18.1 Å². The Labute approximate surface area is 77.1 Å². The second-order valence-electron chi connectivity index (χ2n) is 3.27. The molecule has 74 valence electrons. The van der Waals surface area contributed by atoms with Gasteiger partial charge in [-0.05, 0) is 12.8 Å².